The Balaban J connectivity index is 1.63. The van der Waals surface area contributed by atoms with Gasteiger partial charge in [0.1, 0.15) is 0 Å². The van der Waals surface area contributed by atoms with E-state index in [0.717, 1.165) is 22.4 Å². The summed E-state index contributed by atoms with van der Waals surface area (Å²) in [7, 11) is 0. The number of hydrogen-bond donors (Lipinski definition) is 1. The zero-order valence-electron chi connectivity index (χ0n) is 14.1. The molecule has 3 rings (SSSR count). The predicted molar refractivity (Wildman–Crippen MR) is 94.5 cm³/mol. The minimum absolute atomic E-state index is 0.0411. The van der Waals surface area contributed by atoms with Crippen LogP contribution < -0.4 is 5.32 Å². The van der Waals surface area contributed by atoms with Crippen molar-refractivity contribution < 1.29 is 9.59 Å². The van der Waals surface area contributed by atoms with Gasteiger partial charge < -0.3 is 10.2 Å². The van der Waals surface area contributed by atoms with Gasteiger partial charge in [0.05, 0.1) is 5.92 Å². The Labute approximate surface area is 142 Å². The molecule has 2 aromatic carbocycles. The Bertz CT molecular complexity index is 735. The summed E-state index contributed by atoms with van der Waals surface area (Å²) in [5.74, 6) is -0.328. The molecule has 1 N–H and O–H groups in total. The van der Waals surface area contributed by atoms with Crippen molar-refractivity contribution in [3.05, 3.63) is 65.2 Å². The van der Waals surface area contributed by atoms with Crippen molar-refractivity contribution in [2.75, 3.05) is 11.9 Å². The minimum Gasteiger partial charge on any atom is -0.338 e. The lowest BCUT2D eigenvalue weighted by atomic mass is 10.1. The van der Waals surface area contributed by atoms with Gasteiger partial charge in [0.15, 0.2) is 0 Å². The standard InChI is InChI=1S/C20H22N2O2/c1-14-8-15(2)10-18(9-14)21-20(24)17-11-19(23)22(13-17)12-16-6-4-3-5-7-16/h3-10,17H,11-13H2,1-2H3,(H,21,24)/t17-/m0/s1. The number of nitrogens with zero attached hydrogens (tertiary/aromatic N) is 1. The topological polar surface area (TPSA) is 49.4 Å². The molecule has 124 valence electrons. The lowest BCUT2D eigenvalue weighted by Gasteiger charge is -2.17. The van der Waals surface area contributed by atoms with Gasteiger partial charge in [-0.3, -0.25) is 9.59 Å². The van der Waals surface area contributed by atoms with Gasteiger partial charge in [-0.2, -0.15) is 0 Å². The van der Waals surface area contributed by atoms with E-state index in [1.807, 2.05) is 56.3 Å². The van der Waals surface area contributed by atoms with Crippen LogP contribution in [0.25, 0.3) is 0 Å². The van der Waals surface area contributed by atoms with E-state index in [4.69, 9.17) is 0 Å². The third-order valence-corrected chi connectivity index (χ3v) is 4.29. The molecule has 0 unspecified atom stereocenters. The average Bonchev–Trinajstić information content (AvgIpc) is 2.88. The van der Waals surface area contributed by atoms with Crippen LogP contribution in [0.2, 0.25) is 0 Å². The molecule has 1 saturated heterocycles. The van der Waals surface area contributed by atoms with Crippen molar-refractivity contribution in [1.29, 1.82) is 0 Å². The highest BCUT2D eigenvalue weighted by Crippen LogP contribution is 2.22. The molecule has 0 aromatic heterocycles. The van der Waals surface area contributed by atoms with Gasteiger partial charge in [-0.1, -0.05) is 36.4 Å². The van der Waals surface area contributed by atoms with E-state index in [-0.39, 0.29) is 24.2 Å². The van der Waals surface area contributed by atoms with Crippen LogP contribution in [0.5, 0.6) is 0 Å². The normalized spacial score (nSPS) is 17.2. The molecule has 1 atom stereocenters. The van der Waals surface area contributed by atoms with E-state index in [9.17, 15) is 9.59 Å². The van der Waals surface area contributed by atoms with Crippen LogP contribution >= 0.6 is 0 Å². The second-order valence-electron chi connectivity index (χ2n) is 6.53. The Kier molecular flexibility index (Phi) is 4.65. The van der Waals surface area contributed by atoms with Gasteiger partial charge >= 0.3 is 0 Å². The predicted octanol–water partition coefficient (Wildman–Crippen LogP) is 3.29. The number of hydrogen-bond acceptors (Lipinski definition) is 2. The van der Waals surface area contributed by atoms with E-state index in [0.29, 0.717) is 13.1 Å². The summed E-state index contributed by atoms with van der Waals surface area (Å²) < 4.78 is 0. The fourth-order valence-electron chi connectivity index (χ4n) is 3.20. The summed E-state index contributed by atoms with van der Waals surface area (Å²) in [6.45, 7) is 5.05. The maximum atomic E-state index is 12.5. The first kappa shape index (κ1) is 16.2. The fourth-order valence-corrected chi connectivity index (χ4v) is 3.20. The first-order chi connectivity index (χ1) is 11.5. The number of carbonyl (C=O) groups is 2. The van der Waals surface area contributed by atoms with Crippen LogP contribution in [-0.2, 0) is 16.1 Å². The number of carbonyl (C=O) groups excluding carboxylic acids is 2. The van der Waals surface area contributed by atoms with Crippen LogP contribution in [0.4, 0.5) is 5.69 Å². The number of anilines is 1. The molecule has 4 heteroatoms. The molecule has 4 nitrogen and oxygen atoms in total. The highest BCUT2D eigenvalue weighted by Gasteiger charge is 2.34. The minimum atomic E-state index is -0.290. The third kappa shape index (κ3) is 3.82. The molecule has 0 bridgehead atoms. The quantitative estimate of drug-likeness (QED) is 0.939. The summed E-state index contributed by atoms with van der Waals surface area (Å²) in [5.41, 5.74) is 4.10. The van der Waals surface area contributed by atoms with E-state index in [2.05, 4.69) is 11.4 Å². The van der Waals surface area contributed by atoms with Gasteiger partial charge in [-0.25, -0.2) is 0 Å². The number of aryl methyl sites for hydroxylation is 2. The lowest BCUT2D eigenvalue weighted by Crippen LogP contribution is -2.28. The second-order valence-corrected chi connectivity index (χ2v) is 6.53. The average molecular weight is 322 g/mol. The number of amides is 2. The first-order valence-corrected chi connectivity index (χ1v) is 8.22. The van der Waals surface area contributed by atoms with Crippen molar-refractivity contribution >= 4 is 17.5 Å². The summed E-state index contributed by atoms with van der Waals surface area (Å²) >= 11 is 0. The van der Waals surface area contributed by atoms with Crippen LogP contribution in [0.15, 0.2) is 48.5 Å². The summed E-state index contributed by atoms with van der Waals surface area (Å²) in [4.78, 5) is 26.5. The number of rotatable bonds is 4. The molecule has 24 heavy (non-hydrogen) atoms. The molecule has 0 spiro atoms. The van der Waals surface area contributed by atoms with Crippen molar-refractivity contribution in [2.45, 2.75) is 26.8 Å². The maximum absolute atomic E-state index is 12.5. The van der Waals surface area contributed by atoms with E-state index in [1.165, 1.54) is 0 Å². The molecule has 1 fully saturated rings. The maximum Gasteiger partial charge on any atom is 0.229 e. The van der Waals surface area contributed by atoms with Gasteiger partial charge in [-0.05, 0) is 42.7 Å². The van der Waals surface area contributed by atoms with Crippen molar-refractivity contribution in [2.24, 2.45) is 5.92 Å². The molecule has 2 aromatic rings. The van der Waals surface area contributed by atoms with E-state index >= 15 is 0 Å². The van der Waals surface area contributed by atoms with Crippen LogP contribution in [0.1, 0.15) is 23.1 Å². The molecule has 1 aliphatic heterocycles. The first-order valence-electron chi connectivity index (χ1n) is 8.22. The number of nitrogens with one attached hydrogen (secondary N) is 1. The highest BCUT2D eigenvalue weighted by atomic mass is 16.2. The smallest absolute Gasteiger partial charge is 0.229 e. The molecule has 2 amide bonds. The SMILES string of the molecule is Cc1cc(C)cc(NC(=O)[C@H]2CC(=O)N(Cc3ccccc3)C2)c1. The highest BCUT2D eigenvalue weighted by molar-refractivity contribution is 5.97. The molecule has 0 aliphatic carbocycles. The van der Waals surface area contributed by atoms with E-state index < -0.39 is 0 Å². The number of likely N-dealkylation sites (tertiary alicyclic amines) is 1. The number of benzene rings is 2. The van der Waals surface area contributed by atoms with Crippen LogP contribution in [0, 0.1) is 19.8 Å². The Morgan fingerprint density at radius 3 is 2.46 bits per heavy atom. The van der Waals surface area contributed by atoms with E-state index in [1.54, 1.807) is 4.90 Å². The molecule has 0 radical (unpaired) electrons. The molecule has 1 aliphatic rings. The fraction of sp³-hybridized carbons (Fsp3) is 0.300. The Morgan fingerprint density at radius 1 is 1.12 bits per heavy atom. The van der Waals surface area contributed by atoms with Crippen LogP contribution in [-0.4, -0.2) is 23.3 Å². The van der Waals surface area contributed by atoms with Gasteiger partial charge in [0, 0.05) is 25.2 Å². The van der Waals surface area contributed by atoms with Crippen molar-refractivity contribution in [3.8, 4) is 0 Å². The zero-order valence-corrected chi connectivity index (χ0v) is 14.1. The van der Waals surface area contributed by atoms with Crippen molar-refractivity contribution in [3.63, 3.8) is 0 Å². The summed E-state index contributed by atoms with van der Waals surface area (Å²) in [5, 5.41) is 2.95. The summed E-state index contributed by atoms with van der Waals surface area (Å²) in [6.07, 6.45) is 0.281. The molecular formula is C20H22N2O2. The Morgan fingerprint density at radius 2 is 1.79 bits per heavy atom. The molecule has 1 heterocycles. The third-order valence-electron chi connectivity index (χ3n) is 4.29. The summed E-state index contributed by atoms with van der Waals surface area (Å²) in [6, 6.07) is 15.8. The van der Waals surface area contributed by atoms with Gasteiger partial charge in [0.25, 0.3) is 0 Å². The lowest BCUT2D eigenvalue weighted by molar-refractivity contribution is -0.128. The molecule has 0 saturated carbocycles. The monoisotopic (exact) mass is 322 g/mol. The largest absolute Gasteiger partial charge is 0.338 e. The van der Waals surface area contributed by atoms with Crippen molar-refractivity contribution in [1.82, 2.24) is 4.90 Å². The van der Waals surface area contributed by atoms with Crippen LogP contribution in [0.3, 0.4) is 0 Å². The second kappa shape index (κ2) is 6.87. The molecular weight excluding hydrogens is 300 g/mol. The van der Waals surface area contributed by atoms with Gasteiger partial charge in [0.2, 0.25) is 11.8 Å². The zero-order chi connectivity index (χ0) is 17.1. The Hall–Kier alpha value is -2.62. The van der Waals surface area contributed by atoms with Gasteiger partial charge in [-0.15, -0.1) is 0 Å².